The molecule has 0 aliphatic heterocycles. The molecule has 1 fully saturated rings. The maximum absolute atomic E-state index is 12.7. The van der Waals surface area contributed by atoms with E-state index < -0.39 is 9.84 Å². The van der Waals surface area contributed by atoms with Crippen LogP contribution in [0.15, 0.2) is 59.5 Å². The van der Waals surface area contributed by atoms with Crippen LogP contribution in [0.5, 0.6) is 5.75 Å². The molecule has 3 rings (SSSR count). The Bertz CT molecular complexity index is 943. The quantitative estimate of drug-likeness (QED) is 0.698. The monoisotopic (exact) mass is 399 g/mol. The number of hydrogen-bond donors (Lipinski definition) is 1. The highest BCUT2D eigenvalue weighted by Gasteiger charge is 2.30. The van der Waals surface area contributed by atoms with Crippen molar-refractivity contribution < 1.29 is 17.9 Å². The van der Waals surface area contributed by atoms with Gasteiger partial charge in [0.05, 0.1) is 16.8 Å². The Morgan fingerprint density at radius 2 is 1.86 bits per heavy atom. The van der Waals surface area contributed by atoms with E-state index in [-0.39, 0.29) is 16.1 Å². The minimum absolute atomic E-state index is 0.271. The normalized spacial score (nSPS) is 15.0. The first-order chi connectivity index (χ1) is 13.5. The molecule has 2 aromatic rings. The van der Waals surface area contributed by atoms with E-state index in [4.69, 9.17) is 4.74 Å². The van der Waals surface area contributed by atoms with Crippen molar-refractivity contribution in [2.75, 3.05) is 11.9 Å². The van der Waals surface area contributed by atoms with Crippen molar-refractivity contribution in [2.24, 2.45) is 0 Å². The van der Waals surface area contributed by atoms with Gasteiger partial charge >= 0.3 is 0 Å². The Labute approximate surface area is 166 Å². The fourth-order valence-corrected chi connectivity index (χ4v) is 5.24. The minimum Gasteiger partial charge on any atom is -0.494 e. The highest BCUT2D eigenvalue weighted by atomic mass is 32.2. The highest BCUT2D eigenvalue weighted by molar-refractivity contribution is 7.92. The van der Waals surface area contributed by atoms with Gasteiger partial charge in [-0.05, 0) is 61.7 Å². The summed E-state index contributed by atoms with van der Waals surface area (Å²) in [5.41, 5.74) is 1.34. The number of anilines is 1. The van der Waals surface area contributed by atoms with E-state index in [1.165, 1.54) is 12.1 Å². The predicted octanol–water partition coefficient (Wildman–Crippen LogP) is 4.45. The second kappa shape index (κ2) is 9.06. The lowest BCUT2D eigenvalue weighted by Crippen LogP contribution is -2.18. The number of ether oxygens (including phenoxy) is 1. The number of carbonyl (C=O) groups is 1. The summed E-state index contributed by atoms with van der Waals surface area (Å²) in [6.07, 6.45) is 6.46. The van der Waals surface area contributed by atoms with Crippen molar-refractivity contribution in [1.82, 2.24) is 0 Å². The van der Waals surface area contributed by atoms with Crippen LogP contribution in [0, 0.1) is 0 Å². The second-order valence-corrected chi connectivity index (χ2v) is 9.03. The van der Waals surface area contributed by atoms with E-state index in [2.05, 4.69) is 5.32 Å². The first kappa shape index (κ1) is 20.1. The van der Waals surface area contributed by atoms with Crippen LogP contribution in [0.25, 0.3) is 6.08 Å². The van der Waals surface area contributed by atoms with E-state index in [1.807, 2.05) is 31.2 Å². The number of rotatable bonds is 7. The van der Waals surface area contributed by atoms with Gasteiger partial charge in [-0.2, -0.15) is 0 Å². The van der Waals surface area contributed by atoms with E-state index in [0.29, 0.717) is 25.1 Å². The summed E-state index contributed by atoms with van der Waals surface area (Å²) in [5, 5.41) is 2.42. The zero-order valence-electron chi connectivity index (χ0n) is 15.9. The molecule has 0 unspecified atom stereocenters. The maximum Gasteiger partial charge on any atom is 0.248 e. The van der Waals surface area contributed by atoms with Crippen LogP contribution in [-0.4, -0.2) is 26.2 Å². The number of sulfone groups is 1. The van der Waals surface area contributed by atoms with Gasteiger partial charge in [0.25, 0.3) is 0 Å². The number of nitrogens with one attached hydrogen (secondary N) is 1. The molecule has 2 aromatic carbocycles. The van der Waals surface area contributed by atoms with Gasteiger partial charge in [-0.25, -0.2) is 8.42 Å². The zero-order valence-corrected chi connectivity index (χ0v) is 16.7. The molecule has 0 radical (unpaired) electrons. The predicted molar refractivity (Wildman–Crippen MR) is 111 cm³/mol. The van der Waals surface area contributed by atoms with E-state index in [0.717, 1.165) is 24.2 Å². The van der Waals surface area contributed by atoms with Gasteiger partial charge in [-0.15, -0.1) is 0 Å². The SMILES string of the molecule is CCOc1ccc(/C=C/C(=O)Nc2cccc(S(=O)(=O)C3CCCC3)c2)cc1. The summed E-state index contributed by atoms with van der Waals surface area (Å²) in [5.74, 6) is 0.466. The van der Waals surface area contributed by atoms with Crippen molar-refractivity contribution in [3.05, 3.63) is 60.2 Å². The van der Waals surface area contributed by atoms with Crippen LogP contribution >= 0.6 is 0 Å². The van der Waals surface area contributed by atoms with E-state index in [9.17, 15) is 13.2 Å². The van der Waals surface area contributed by atoms with Crippen LogP contribution in [0.3, 0.4) is 0 Å². The van der Waals surface area contributed by atoms with E-state index in [1.54, 1.807) is 24.3 Å². The number of carbonyl (C=O) groups excluding carboxylic acids is 1. The number of benzene rings is 2. The molecule has 1 N–H and O–H groups in total. The maximum atomic E-state index is 12.7. The van der Waals surface area contributed by atoms with Crippen molar-refractivity contribution in [3.63, 3.8) is 0 Å². The van der Waals surface area contributed by atoms with Gasteiger partial charge in [0, 0.05) is 11.8 Å². The lowest BCUT2D eigenvalue weighted by Gasteiger charge is -2.12. The fraction of sp³-hybridized carbons (Fsp3) is 0.318. The van der Waals surface area contributed by atoms with Crippen molar-refractivity contribution in [2.45, 2.75) is 42.8 Å². The van der Waals surface area contributed by atoms with Gasteiger partial charge in [0.15, 0.2) is 9.84 Å². The van der Waals surface area contributed by atoms with E-state index >= 15 is 0 Å². The first-order valence-electron chi connectivity index (χ1n) is 9.55. The van der Waals surface area contributed by atoms with Gasteiger partial charge in [0.2, 0.25) is 5.91 Å². The van der Waals surface area contributed by atoms with Crippen LogP contribution in [-0.2, 0) is 14.6 Å². The molecular formula is C22H25NO4S. The fourth-order valence-electron chi connectivity index (χ4n) is 3.34. The molecular weight excluding hydrogens is 374 g/mol. The molecule has 6 heteroatoms. The molecule has 1 aliphatic carbocycles. The topological polar surface area (TPSA) is 72.5 Å². The second-order valence-electron chi connectivity index (χ2n) is 6.80. The zero-order chi connectivity index (χ0) is 20.0. The molecule has 5 nitrogen and oxygen atoms in total. The van der Waals surface area contributed by atoms with Gasteiger partial charge in [0.1, 0.15) is 5.75 Å². The molecule has 1 amide bonds. The molecule has 0 atom stereocenters. The Morgan fingerprint density at radius 3 is 2.54 bits per heavy atom. The Balaban J connectivity index is 1.65. The molecule has 0 aromatic heterocycles. The average molecular weight is 400 g/mol. The average Bonchev–Trinajstić information content (AvgIpc) is 3.24. The van der Waals surface area contributed by atoms with Crippen LogP contribution < -0.4 is 10.1 Å². The Kier molecular flexibility index (Phi) is 6.52. The highest BCUT2D eigenvalue weighted by Crippen LogP contribution is 2.30. The Morgan fingerprint density at radius 1 is 1.14 bits per heavy atom. The third kappa shape index (κ3) is 5.01. The molecule has 0 spiro atoms. The smallest absolute Gasteiger partial charge is 0.248 e. The lowest BCUT2D eigenvalue weighted by atomic mass is 10.2. The van der Waals surface area contributed by atoms with Crippen LogP contribution in [0.2, 0.25) is 0 Å². The van der Waals surface area contributed by atoms with Crippen LogP contribution in [0.4, 0.5) is 5.69 Å². The summed E-state index contributed by atoms with van der Waals surface area (Å²) < 4.78 is 30.8. The van der Waals surface area contributed by atoms with Gasteiger partial charge < -0.3 is 10.1 Å². The largest absolute Gasteiger partial charge is 0.494 e. The molecule has 0 bridgehead atoms. The molecule has 1 saturated carbocycles. The van der Waals surface area contributed by atoms with Gasteiger partial charge in [-0.3, -0.25) is 4.79 Å². The molecule has 1 aliphatic rings. The van der Waals surface area contributed by atoms with Crippen molar-refractivity contribution in [3.8, 4) is 5.75 Å². The summed E-state index contributed by atoms with van der Waals surface area (Å²) in [6.45, 7) is 2.53. The standard InChI is InChI=1S/C22H25NO4S/c1-2-27-19-13-10-17(11-14-19)12-15-22(24)23-18-6-5-9-21(16-18)28(25,26)20-7-3-4-8-20/h5-6,9-16,20H,2-4,7-8H2,1H3,(H,23,24)/b15-12+. The van der Waals surface area contributed by atoms with Crippen molar-refractivity contribution in [1.29, 1.82) is 0 Å². The van der Waals surface area contributed by atoms with Crippen molar-refractivity contribution >= 4 is 27.5 Å². The first-order valence-corrected chi connectivity index (χ1v) is 11.1. The van der Waals surface area contributed by atoms with Crippen LogP contribution in [0.1, 0.15) is 38.2 Å². The number of amides is 1. The Hall–Kier alpha value is -2.60. The summed E-state index contributed by atoms with van der Waals surface area (Å²) in [7, 11) is -3.34. The molecule has 0 heterocycles. The minimum atomic E-state index is -3.34. The molecule has 0 saturated heterocycles. The van der Waals surface area contributed by atoms with Gasteiger partial charge in [-0.1, -0.05) is 31.0 Å². The summed E-state index contributed by atoms with van der Waals surface area (Å²) in [4.78, 5) is 12.5. The molecule has 148 valence electrons. The summed E-state index contributed by atoms with van der Waals surface area (Å²) in [6, 6.07) is 13.9. The third-order valence-electron chi connectivity index (χ3n) is 4.79. The third-order valence-corrected chi connectivity index (χ3v) is 7.05. The summed E-state index contributed by atoms with van der Waals surface area (Å²) >= 11 is 0. The molecule has 28 heavy (non-hydrogen) atoms. The lowest BCUT2D eigenvalue weighted by molar-refractivity contribution is -0.111. The number of hydrogen-bond acceptors (Lipinski definition) is 4.